The second-order valence-corrected chi connectivity index (χ2v) is 7.18. The Morgan fingerprint density at radius 1 is 1.03 bits per heavy atom. The van der Waals surface area contributed by atoms with Crippen LogP contribution in [0.25, 0.3) is 0 Å². The third kappa shape index (κ3) is 6.50. The van der Waals surface area contributed by atoms with Crippen LogP contribution in [0.1, 0.15) is 24.5 Å². The molecule has 1 heterocycles. The fourth-order valence-corrected chi connectivity index (χ4v) is 3.59. The molecular weight excluding hydrogens is 491 g/mol. The lowest BCUT2D eigenvalue weighted by Gasteiger charge is -2.37. The molecule has 1 fully saturated rings. The molecule has 2 aromatic rings. The molecule has 3 rings (SSSR count). The smallest absolute Gasteiger partial charge is 0.194 e. The molecule has 0 atom stereocenters. The number of guanidine groups is 1. The van der Waals surface area contributed by atoms with Crippen LogP contribution in [-0.4, -0.2) is 55.8 Å². The van der Waals surface area contributed by atoms with Gasteiger partial charge in [-0.25, -0.2) is 0 Å². The molecule has 0 unspecified atom stereocenters. The summed E-state index contributed by atoms with van der Waals surface area (Å²) in [5, 5.41) is 13.6. The van der Waals surface area contributed by atoms with Gasteiger partial charge in [-0.1, -0.05) is 43.3 Å². The number of phenols is 1. The normalized spacial score (nSPS) is 14.4. The second kappa shape index (κ2) is 12.6. The van der Waals surface area contributed by atoms with Crippen LogP contribution < -0.4 is 10.2 Å². The minimum absolute atomic E-state index is 0. The van der Waals surface area contributed by atoms with E-state index in [4.69, 9.17) is 4.74 Å². The molecule has 0 amide bonds. The first-order valence-corrected chi connectivity index (χ1v) is 10.4. The Hall–Kier alpha value is -2.00. The topological polar surface area (TPSA) is 60.3 Å². The molecule has 30 heavy (non-hydrogen) atoms. The number of hydrogen-bond acceptors (Lipinski definition) is 4. The van der Waals surface area contributed by atoms with Crippen molar-refractivity contribution in [2.24, 2.45) is 4.99 Å². The predicted octanol–water partition coefficient (Wildman–Crippen LogP) is 3.83. The summed E-state index contributed by atoms with van der Waals surface area (Å²) in [5.41, 5.74) is 3.35. The van der Waals surface area contributed by atoms with Crippen LogP contribution in [0.4, 0.5) is 5.69 Å². The zero-order valence-corrected chi connectivity index (χ0v) is 20.2. The molecule has 1 aliphatic heterocycles. The summed E-state index contributed by atoms with van der Waals surface area (Å²) in [4.78, 5) is 8.97. The number of hydrogen-bond donors (Lipinski definition) is 2. The minimum Gasteiger partial charge on any atom is -0.506 e. The molecule has 0 aromatic heterocycles. The Morgan fingerprint density at radius 3 is 2.37 bits per heavy atom. The Bertz CT molecular complexity index is 807. The summed E-state index contributed by atoms with van der Waals surface area (Å²) in [7, 11) is 1.83. The molecule has 164 valence electrons. The molecule has 1 aliphatic rings. The summed E-state index contributed by atoms with van der Waals surface area (Å²) in [6, 6.07) is 15.9. The van der Waals surface area contributed by atoms with E-state index in [2.05, 4.69) is 51.3 Å². The van der Waals surface area contributed by atoms with Gasteiger partial charge in [0.25, 0.3) is 0 Å². The van der Waals surface area contributed by atoms with E-state index < -0.39 is 0 Å². The lowest BCUT2D eigenvalue weighted by Crippen LogP contribution is -2.52. The summed E-state index contributed by atoms with van der Waals surface area (Å²) >= 11 is 0. The standard InChI is InChI=1S/C23H32N4O2.HI/c1-3-16-29-18-20-9-5-4-8-19(20)17-25-23(24-2)27-14-12-26(13-15-27)21-10-6-7-11-22(21)28;/h4-11,28H,3,12-18H2,1-2H3,(H,24,25);1H. The van der Waals surface area contributed by atoms with Crippen LogP contribution in [0.3, 0.4) is 0 Å². The maximum atomic E-state index is 10.1. The largest absolute Gasteiger partial charge is 0.506 e. The van der Waals surface area contributed by atoms with E-state index in [1.807, 2.05) is 25.2 Å². The molecule has 6 nitrogen and oxygen atoms in total. The highest BCUT2D eigenvalue weighted by Crippen LogP contribution is 2.27. The molecule has 0 aliphatic carbocycles. The number of halogens is 1. The molecule has 0 spiro atoms. The number of phenolic OH excluding ortho intramolecular Hbond substituents is 1. The zero-order chi connectivity index (χ0) is 20.5. The Labute approximate surface area is 197 Å². The summed E-state index contributed by atoms with van der Waals surface area (Å²) in [6.07, 6.45) is 1.03. The van der Waals surface area contributed by atoms with E-state index in [-0.39, 0.29) is 24.0 Å². The molecule has 7 heteroatoms. The van der Waals surface area contributed by atoms with Gasteiger partial charge in [0.2, 0.25) is 0 Å². The van der Waals surface area contributed by atoms with Gasteiger partial charge in [-0.05, 0) is 29.7 Å². The fraction of sp³-hybridized carbons (Fsp3) is 0.435. The van der Waals surface area contributed by atoms with Gasteiger partial charge in [0, 0.05) is 46.4 Å². The predicted molar refractivity (Wildman–Crippen MR) is 134 cm³/mol. The number of aliphatic imine (C=N–C) groups is 1. The summed E-state index contributed by atoms with van der Waals surface area (Å²) < 4.78 is 5.73. The van der Waals surface area contributed by atoms with Gasteiger partial charge in [0.15, 0.2) is 5.96 Å². The van der Waals surface area contributed by atoms with Gasteiger partial charge >= 0.3 is 0 Å². The monoisotopic (exact) mass is 524 g/mol. The first-order chi connectivity index (χ1) is 14.2. The van der Waals surface area contributed by atoms with Gasteiger partial charge in [-0.3, -0.25) is 4.99 Å². The van der Waals surface area contributed by atoms with Gasteiger partial charge in [0.05, 0.1) is 12.3 Å². The molecule has 1 saturated heterocycles. The fourth-order valence-electron chi connectivity index (χ4n) is 3.59. The third-order valence-electron chi connectivity index (χ3n) is 5.17. The highest BCUT2D eigenvalue weighted by atomic mass is 127. The van der Waals surface area contributed by atoms with E-state index in [0.717, 1.165) is 57.4 Å². The van der Waals surface area contributed by atoms with Crippen molar-refractivity contribution in [1.29, 1.82) is 0 Å². The van der Waals surface area contributed by atoms with Crippen LogP contribution in [-0.2, 0) is 17.9 Å². The zero-order valence-electron chi connectivity index (χ0n) is 17.9. The molecule has 0 saturated carbocycles. The number of nitrogens with one attached hydrogen (secondary N) is 1. The number of para-hydroxylation sites is 2. The third-order valence-corrected chi connectivity index (χ3v) is 5.17. The maximum absolute atomic E-state index is 10.1. The maximum Gasteiger partial charge on any atom is 0.194 e. The number of nitrogens with zero attached hydrogens (tertiary/aromatic N) is 3. The Kier molecular flexibility index (Phi) is 10.2. The highest BCUT2D eigenvalue weighted by molar-refractivity contribution is 14.0. The van der Waals surface area contributed by atoms with Gasteiger partial charge in [0.1, 0.15) is 5.75 Å². The Balaban J connectivity index is 0.00000320. The lowest BCUT2D eigenvalue weighted by atomic mass is 10.1. The van der Waals surface area contributed by atoms with Crippen LogP contribution in [0.5, 0.6) is 5.75 Å². The van der Waals surface area contributed by atoms with Crippen molar-refractivity contribution in [2.45, 2.75) is 26.5 Å². The molecule has 2 N–H and O–H groups in total. The van der Waals surface area contributed by atoms with Gasteiger partial charge in [-0.2, -0.15) is 0 Å². The average molecular weight is 524 g/mol. The second-order valence-electron chi connectivity index (χ2n) is 7.18. The van der Waals surface area contributed by atoms with Crippen LogP contribution in [0.15, 0.2) is 53.5 Å². The number of benzene rings is 2. The molecular formula is C23H33IN4O2. The highest BCUT2D eigenvalue weighted by Gasteiger charge is 2.21. The van der Waals surface area contributed by atoms with E-state index in [1.165, 1.54) is 11.1 Å². The number of anilines is 1. The summed E-state index contributed by atoms with van der Waals surface area (Å²) in [5.74, 6) is 1.25. The van der Waals surface area contributed by atoms with Gasteiger partial charge < -0.3 is 25.0 Å². The molecule has 0 bridgehead atoms. The lowest BCUT2D eigenvalue weighted by molar-refractivity contribution is 0.121. The van der Waals surface area contributed by atoms with E-state index in [0.29, 0.717) is 12.4 Å². The first kappa shape index (κ1) is 24.3. The van der Waals surface area contributed by atoms with Crippen molar-refractivity contribution in [3.05, 3.63) is 59.7 Å². The average Bonchev–Trinajstić information content (AvgIpc) is 2.76. The number of rotatable bonds is 7. The van der Waals surface area contributed by atoms with Crippen LogP contribution in [0, 0.1) is 0 Å². The van der Waals surface area contributed by atoms with E-state index in [9.17, 15) is 5.11 Å². The van der Waals surface area contributed by atoms with Crippen molar-refractivity contribution in [2.75, 3.05) is 44.7 Å². The first-order valence-electron chi connectivity index (χ1n) is 10.4. The van der Waals surface area contributed by atoms with Crippen LogP contribution in [0.2, 0.25) is 0 Å². The number of ether oxygens (including phenoxy) is 1. The van der Waals surface area contributed by atoms with Crippen molar-refractivity contribution >= 4 is 35.6 Å². The van der Waals surface area contributed by atoms with Crippen molar-refractivity contribution in [3.63, 3.8) is 0 Å². The van der Waals surface area contributed by atoms with E-state index >= 15 is 0 Å². The van der Waals surface area contributed by atoms with Crippen molar-refractivity contribution < 1.29 is 9.84 Å². The van der Waals surface area contributed by atoms with E-state index in [1.54, 1.807) is 6.07 Å². The number of piperazine rings is 1. The number of aromatic hydroxyl groups is 1. The van der Waals surface area contributed by atoms with Gasteiger partial charge in [-0.15, -0.1) is 24.0 Å². The molecule has 0 radical (unpaired) electrons. The SMILES string of the molecule is CCCOCc1ccccc1CNC(=NC)N1CCN(c2ccccc2O)CC1.I. The molecule has 2 aromatic carbocycles. The summed E-state index contributed by atoms with van der Waals surface area (Å²) in [6.45, 7) is 7.67. The van der Waals surface area contributed by atoms with Crippen molar-refractivity contribution in [1.82, 2.24) is 10.2 Å². The van der Waals surface area contributed by atoms with Crippen molar-refractivity contribution in [3.8, 4) is 5.75 Å². The van der Waals surface area contributed by atoms with Crippen LogP contribution >= 0.6 is 24.0 Å². The Morgan fingerprint density at radius 2 is 1.70 bits per heavy atom. The quantitative estimate of drug-likeness (QED) is 0.250. The minimum atomic E-state index is 0.